The van der Waals surface area contributed by atoms with Gasteiger partial charge in [-0.25, -0.2) is 9.59 Å². The van der Waals surface area contributed by atoms with Gasteiger partial charge in [0.1, 0.15) is 6.61 Å². The van der Waals surface area contributed by atoms with E-state index in [0.717, 1.165) is 0 Å². The monoisotopic (exact) mass is 176 g/mol. The van der Waals surface area contributed by atoms with Crippen molar-refractivity contribution in [2.75, 3.05) is 20.8 Å². The van der Waals surface area contributed by atoms with Crippen molar-refractivity contribution in [3.8, 4) is 0 Å². The van der Waals surface area contributed by atoms with Gasteiger partial charge in [0, 0.05) is 0 Å². The normalized spacial score (nSPS) is 11.9. The molecule has 0 N–H and O–H groups in total. The van der Waals surface area contributed by atoms with Crippen molar-refractivity contribution < 1.29 is 23.8 Å². The van der Waals surface area contributed by atoms with Crippen molar-refractivity contribution in [1.29, 1.82) is 0 Å². The van der Waals surface area contributed by atoms with Gasteiger partial charge in [-0.2, -0.15) is 0 Å². The van der Waals surface area contributed by atoms with Crippen LogP contribution in [0.25, 0.3) is 0 Å². The van der Waals surface area contributed by atoms with Gasteiger partial charge in [-0.1, -0.05) is 0 Å². The van der Waals surface area contributed by atoms with Crippen LogP contribution in [-0.2, 0) is 23.8 Å². The van der Waals surface area contributed by atoms with E-state index < -0.39 is 18.0 Å². The molecule has 0 aliphatic heterocycles. The zero-order valence-electron chi connectivity index (χ0n) is 7.33. The minimum atomic E-state index is -0.742. The van der Waals surface area contributed by atoms with Crippen LogP contribution in [0.3, 0.4) is 0 Å². The van der Waals surface area contributed by atoms with Gasteiger partial charge in [0.15, 0.2) is 6.10 Å². The summed E-state index contributed by atoms with van der Waals surface area (Å²) in [5.41, 5.74) is 0. The predicted molar refractivity (Wildman–Crippen MR) is 39.4 cm³/mol. The Hall–Kier alpha value is -1.10. The van der Waals surface area contributed by atoms with Gasteiger partial charge in [-0.3, -0.25) is 0 Å². The van der Waals surface area contributed by atoms with Crippen molar-refractivity contribution >= 4 is 11.9 Å². The molecule has 0 fully saturated rings. The molecule has 1 atom stereocenters. The van der Waals surface area contributed by atoms with Crippen molar-refractivity contribution in [3.63, 3.8) is 0 Å². The van der Waals surface area contributed by atoms with Crippen molar-refractivity contribution in [2.24, 2.45) is 0 Å². The van der Waals surface area contributed by atoms with Crippen molar-refractivity contribution in [2.45, 2.75) is 13.0 Å². The Bertz CT molecular complexity index is 165. The number of esters is 2. The molecule has 0 rings (SSSR count). The molecule has 0 aromatic heterocycles. The van der Waals surface area contributed by atoms with Gasteiger partial charge < -0.3 is 14.2 Å². The SMILES string of the molecule is COC(=O)CO[C@H](C)C(=O)OC. The van der Waals surface area contributed by atoms with E-state index in [1.165, 1.54) is 21.1 Å². The highest BCUT2D eigenvalue weighted by Crippen LogP contribution is 1.93. The van der Waals surface area contributed by atoms with E-state index >= 15 is 0 Å². The molecule has 0 radical (unpaired) electrons. The lowest BCUT2D eigenvalue weighted by Gasteiger charge is -2.08. The zero-order valence-corrected chi connectivity index (χ0v) is 7.33. The summed E-state index contributed by atoms with van der Waals surface area (Å²) in [6, 6.07) is 0. The minimum absolute atomic E-state index is 0.243. The van der Waals surface area contributed by atoms with Gasteiger partial charge in [0.05, 0.1) is 14.2 Å². The van der Waals surface area contributed by atoms with Crippen LogP contribution >= 0.6 is 0 Å². The van der Waals surface area contributed by atoms with Crippen molar-refractivity contribution in [1.82, 2.24) is 0 Å². The first-order valence-electron chi connectivity index (χ1n) is 3.38. The maximum Gasteiger partial charge on any atom is 0.334 e. The third-order valence-corrected chi connectivity index (χ3v) is 1.21. The van der Waals surface area contributed by atoms with E-state index in [1.807, 2.05) is 0 Å². The lowest BCUT2D eigenvalue weighted by Crippen LogP contribution is -2.25. The number of carbonyl (C=O) groups is 2. The molecule has 5 nitrogen and oxygen atoms in total. The van der Waals surface area contributed by atoms with Crippen LogP contribution in [0.5, 0.6) is 0 Å². The first kappa shape index (κ1) is 10.9. The fraction of sp³-hybridized carbons (Fsp3) is 0.714. The van der Waals surface area contributed by atoms with Gasteiger partial charge >= 0.3 is 11.9 Å². The molecule has 0 aromatic rings. The second-order valence-electron chi connectivity index (χ2n) is 2.05. The minimum Gasteiger partial charge on any atom is -0.467 e. The molecule has 0 amide bonds. The molecule has 0 saturated carbocycles. The van der Waals surface area contributed by atoms with Crippen LogP contribution in [0, 0.1) is 0 Å². The fourth-order valence-corrected chi connectivity index (χ4v) is 0.486. The molecule has 0 unspecified atom stereocenters. The van der Waals surface area contributed by atoms with E-state index in [4.69, 9.17) is 4.74 Å². The van der Waals surface area contributed by atoms with E-state index in [0.29, 0.717) is 0 Å². The summed E-state index contributed by atoms with van der Waals surface area (Å²) in [6.45, 7) is 1.25. The van der Waals surface area contributed by atoms with Gasteiger partial charge in [-0.15, -0.1) is 0 Å². The summed E-state index contributed by atoms with van der Waals surface area (Å²) in [7, 11) is 2.49. The fourth-order valence-electron chi connectivity index (χ4n) is 0.486. The number of methoxy groups -OCH3 is 2. The second-order valence-corrected chi connectivity index (χ2v) is 2.05. The molecule has 0 aliphatic carbocycles. The van der Waals surface area contributed by atoms with Crippen LogP contribution in [0.2, 0.25) is 0 Å². The number of ether oxygens (including phenoxy) is 3. The van der Waals surface area contributed by atoms with Gasteiger partial charge in [0.25, 0.3) is 0 Å². The highest BCUT2D eigenvalue weighted by Gasteiger charge is 2.14. The van der Waals surface area contributed by atoms with Crippen LogP contribution in [0.15, 0.2) is 0 Å². The van der Waals surface area contributed by atoms with E-state index in [1.54, 1.807) is 0 Å². The van der Waals surface area contributed by atoms with Crippen LogP contribution in [-0.4, -0.2) is 38.9 Å². The topological polar surface area (TPSA) is 61.8 Å². The average Bonchev–Trinajstić information content (AvgIpc) is 2.11. The quantitative estimate of drug-likeness (QED) is 0.552. The highest BCUT2D eigenvalue weighted by atomic mass is 16.6. The second kappa shape index (κ2) is 5.54. The number of carbonyl (C=O) groups excluding carboxylic acids is 2. The van der Waals surface area contributed by atoms with E-state index in [2.05, 4.69) is 9.47 Å². The molecule has 0 aromatic carbocycles. The third-order valence-electron chi connectivity index (χ3n) is 1.21. The van der Waals surface area contributed by atoms with Gasteiger partial charge in [0.2, 0.25) is 0 Å². The Kier molecular flexibility index (Phi) is 5.03. The average molecular weight is 176 g/mol. The molecular weight excluding hydrogens is 164 g/mol. The molecule has 70 valence electrons. The van der Waals surface area contributed by atoms with Crippen molar-refractivity contribution in [3.05, 3.63) is 0 Å². The van der Waals surface area contributed by atoms with Gasteiger partial charge in [-0.05, 0) is 6.92 Å². The zero-order chi connectivity index (χ0) is 9.56. The molecular formula is C7H12O5. The lowest BCUT2D eigenvalue weighted by atomic mass is 10.4. The predicted octanol–water partition coefficient (Wildman–Crippen LogP) is -0.263. The summed E-state index contributed by atoms with van der Waals surface area (Å²) >= 11 is 0. The molecule has 5 heteroatoms. The number of rotatable bonds is 4. The van der Waals surface area contributed by atoms with Crippen LogP contribution < -0.4 is 0 Å². The first-order chi connectivity index (χ1) is 5.61. The Morgan fingerprint density at radius 2 is 1.83 bits per heavy atom. The Labute approximate surface area is 70.6 Å². The maximum absolute atomic E-state index is 10.7. The first-order valence-corrected chi connectivity index (χ1v) is 3.38. The lowest BCUT2D eigenvalue weighted by molar-refractivity contribution is -0.158. The Morgan fingerprint density at radius 3 is 2.25 bits per heavy atom. The summed E-state index contributed by atoms with van der Waals surface area (Å²) in [5, 5.41) is 0. The molecule has 0 spiro atoms. The molecule has 12 heavy (non-hydrogen) atoms. The number of hydrogen-bond donors (Lipinski definition) is 0. The van der Waals surface area contributed by atoms with Crippen LogP contribution in [0.1, 0.15) is 6.92 Å². The van der Waals surface area contributed by atoms with E-state index in [-0.39, 0.29) is 6.61 Å². The third kappa shape index (κ3) is 3.92. The molecule has 0 aliphatic rings. The molecule has 0 saturated heterocycles. The Balaban J connectivity index is 3.63. The van der Waals surface area contributed by atoms with E-state index in [9.17, 15) is 9.59 Å². The molecule has 0 bridgehead atoms. The van der Waals surface area contributed by atoms with Crippen LogP contribution in [0.4, 0.5) is 0 Å². The largest absolute Gasteiger partial charge is 0.467 e. The smallest absolute Gasteiger partial charge is 0.334 e. The Morgan fingerprint density at radius 1 is 1.25 bits per heavy atom. The highest BCUT2D eigenvalue weighted by molar-refractivity contribution is 5.75. The molecule has 0 heterocycles. The standard InChI is InChI=1S/C7H12O5/c1-5(7(9)11-3)12-4-6(8)10-2/h5H,4H2,1-3H3/t5-/m1/s1. The summed E-state index contributed by atoms with van der Waals surface area (Å²) in [5.74, 6) is -1.04. The summed E-state index contributed by atoms with van der Waals surface area (Å²) in [6.07, 6.45) is -0.742. The maximum atomic E-state index is 10.7. The summed E-state index contributed by atoms with van der Waals surface area (Å²) in [4.78, 5) is 21.2. The summed E-state index contributed by atoms with van der Waals surface area (Å²) < 4.78 is 13.5. The number of hydrogen-bond acceptors (Lipinski definition) is 5.